The van der Waals surface area contributed by atoms with Crippen molar-refractivity contribution in [3.8, 4) is 5.75 Å². The highest BCUT2D eigenvalue weighted by Crippen LogP contribution is 2.49. The van der Waals surface area contributed by atoms with Crippen LogP contribution in [0.4, 0.5) is 0 Å². The summed E-state index contributed by atoms with van der Waals surface area (Å²) >= 11 is 0. The lowest BCUT2D eigenvalue weighted by Gasteiger charge is -2.35. The fourth-order valence-electron chi connectivity index (χ4n) is 3.89. The third-order valence-corrected chi connectivity index (χ3v) is 5.34. The molecule has 1 saturated heterocycles. The van der Waals surface area contributed by atoms with Gasteiger partial charge >= 0.3 is 0 Å². The van der Waals surface area contributed by atoms with Crippen molar-refractivity contribution in [2.24, 2.45) is 11.3 Å². The van der Waals surface area contributed by atoms with Gasteiger partial charge in [0.05, 0.1) is 6.10 Å². The van der Waals surface area contributed by atoms with Crippen molar-refractivity contribution in [2.75, 3.05) is 13.2 Å². The molecule has 3 heteroatoms. The van der Waals surface area contributed by atoms with Crippen LogP contribution in [0.5, 0.6) is 5.75 Å². The summed E-state index contributed by atoms with van der Waals surface area (Å²) in [6.45, 7) is 1.96. The van der Waals surface area contributed by atoms with Crippen molar-refractivity contribution >= 4 is 0 Å². The largest absolute Gasteiger partial charge is 0.508 e. The minimum Gasteiger partial charge on any atom is -0.508 e. The van der Waals surface area contributed by atoms with Crippen LogP contribution >= 0.6 is 0 Å². The standard InChI is InChI=1S/C18H25NO2/c20-16-3-1-2-13(10-16)11-18(12-19-15-6-7-15)8-9-21-17(18)14-4-5-14/h1-3,10,14-15,17,19-20H,4-9,11-12H2. The normalized spacial score (nSPS) is 32.5. The zero-order valence-electron chi connectivity index (χ0n) is 12.6. The predicted molar refractivity (Wildman–Crippen MR) is 82.3 cm³/mol. The van der Waals surface area contributed by atoms with E-state index in [0.717, 1.165) is 38.0 Å². The number of rotatable bonds is 6. The second kappa shape index (κ2) is 5.29. The molecule has 21 heavy (non-hydrogen) atoms. The molecule has 0 bridgehead atoms. The molecule has 1 aromatic carbocycles. The molecule has 114 valence electrons. The van der Waals surface area contributed by atoms with Gasteiger partial charge < -0.3 is 15.2 Å². The molecule has 1 heterocycles. The van der Waals surface area contributed by atoms with Crippen molar-refractivity contribution in [2.45, 2.75) is 50.7 Å². The van der Waals surface area contributed by atoms with Gasteiger partial charge in [-0.2, -0.15) is 0 Å². The molecule has 1 aliphatic heterocycles. The van der Waals surface area contributed by atoms with E-state index >= 15 is 0 Å². The molecular formula is C18H25NO2. The van der Waals surface area contributed by atoms with E-state index in [9.17, 15) is 5.11 Å². The van der Waals surface area contributed by atoms with Crippen LogP contribution < -0.4 is 5.32 Å². The number of ether oxygens (including phenoxy) is 1. The van der Waals surface area contributed by atoms with Gasteiger partial charge in [-0.1, -0.05) is 12.1 Å². The van der Waals surface area contributed by atoms with Gasteiger partial charge in [-0.25, -0.2) is 0 Å². The Balaban J connectivity index is 1.55. The van der Waals surface area contributed by atoms with E-state index in [1.54, 1.807) is 6.07 Å². The van der Waals surface area contributed by atoms with Crippen LogP contribution in [0.25, 0.3) is 0 Å². The van der Waals surface area contributed by atoms with Crippen molar-refractivity contribution in [1.29, 1.82) is 0 Å². The molecule has 3 fully saturated rings. The predicted octanol–water partition coefficient (Wildman–Crippen LogP) is 2.87. The lowest BCUT2D eigenvalue weighted by molar-refractivity contribution is 0.0304. The van der Waals surface area contributed by atoms with Crippen LogP contribution in [-0.4, -0.2) is 30.4 Å². The van der Waals surface area contributed by atoms with E-state index in [-0.39, 0.29) is 5.41 Å². The SMILES string of the molecule is Oc1cccc(CC2(CNC3CC3)CCOC2C2CC2)c1. The molecule has 2 aliphatic carbocycles. The second-order valence-electron chi connectivity index (χ2n) is 7.24. The first-order valence-corrected chi connectivity index (χ1v) is 8.38. The summed E-state index contributed by atoms with van der Waals surface area (Å²) in [6, 6.07) is 8.50. The van der Waals surface area contributed by atoms with Gasteiger partial charge in [-0.15, -0.1) is 0 Å². The Labute approximate surface area is 126 Å². The van der Waals surface area contributed by atoms with E-state index in [0.29, 0.717) is 11.9 Å². The molecule has 0 radical (unpaired) electrons. The molecule has 0 aromatic heterocycles. The van der Waals surface area contributed by atoms with Crippen LogP contribution in [0.2, 0.25) is 0 Å². The fraction of sp³-hybridized carbons (Fsp3) is 0.667. The third kappa shape index (κ3) is 2.95. The van der Waals surface area contributed by atoms with Gasteiger partial charge in [-0.3, -0.25) is 0 Å². The lowest BCUT2D eigenvalue weighted by atomic mass is 9.74. The highest BCUT2D eigenvalue weighted by atomic mass is 16.5. The van der Waals surface area contributed by atoms with Gasteiger partial charge in [0.25, 0.3) is 0 Å². The Morgan fingerprint density at radius 3 is 2.81 bits per heavy atom. The number of benzene rings is 1. The average Bonchev–Trinajstić information content (AvgIpc) is 3.38. The molecule has 3 aliphatic rings. The first-order chi connectivity index (χ1) is 10.3. The first-order valence-electron chi connectivity index (χ1n) is 8.38. The summed E-state index contributed by atoms with van der Waals surface area (Å²) in [5, 5.41) is 13.5. The fourth-order valence-corrected chi connectivity index (χ4v) is 3.89. The monoisotopic (exact) mass is 287 g/mol. The highest BCUT2D eigenvalue weighted by molar-refractivity contribution is 5.28. The molecule has 1 aromatic rings. The topological polar surface area (TPSA) is 41.5 Å². The summed E-state index contributed by atoms with van der Waals surface area (Å²) in [5.74, 6) is 1.14. The van der Waals surface area contributed by atoms with E-state index in [2.05, 4.69) is 11.4 Å². The van der Waals surface area contributed by atoms with Gasteiger partial charge in [0.15, 0.2) is 0 Å². The van der Waals surface area contributed by atoms with Crippen LogP contribution in [0.1, 0.15) is 37.7 Å². The van der Waals surface area contributed by atoms with Crippen molar-refractivity contribution in [3.05, 3.63) is 29.8 Å². The van der Waals surface area contributed by atoms with Crippen LogP contribution in [0.3, 0.4) is 0 Å². The molecule has 2 saturated carbocycles. The van der Waals surface area contributed by atoms with Gasteiger partial charge in [0.2, 0.25) is 0 Å². The second-order valence-corrected chi connectivity index (χ2v) is 7.24. The van der Waals surface area contributed by atoms with Crippen LogP contribution in [0.15, 0.2) is 24.3 Å². The Morgan fingerprint density at radius 1 is 1.24 bits per heavy atom. The quantitative estimate of drug-likeness (QED) is 0.845. The number of hydrogen-bond donors (Lipinski definition) is 2. The van der Waals surface area contributed by atoms with Crippen molar-refractivity contribution in [1.82, 2.24) is 5.32 Å². The van der Waals surface area contributed by atoms with E-state index in [1.165, 1.54) is 31.2 Å². The van der Waals surface area contributed by atoms with Gasteiger partial charge in [0, 0.05) is 24.6 Å². The summed E-state index contributed by atoms with van der Waals surface area (Å²) in [6.07, 6.45) is 7.89. The Kier molecular flexibility index (Phi) is 3.43. The van der Waals surface area contributed by atoms with Crippen LogP contribution in [-0.2, 0) is 11.2 Å². The minimum absolute atomic E-state index is 0.220. The van der Waals surface area contributed by atoms with Gasteiger partial charge in [-0.05, 0) is 62.1 Å². The molecule has 4 rings (SSSR count). The van der Waals surface area contributed by atoms with Crippen LogP contribution in [0, 0.1) is 11.3 Å². The average molecular weight is 287 g/mol. The zero-order chi connectivity index (χ0) is 14.3. The number of nitrogens with one attached hydrogen (secondary N) is 1. The molecule has 0 spiro atoms. The van der Waals surface area contributed by atoms with Crippen molar-refractivity contribution < 1.29 is 9.84 Å². The number of phenols is 1. The van der Waals surface area contributed by atoms with E-state index in [4.69, 9.17) is 4.74 Å². The van der Waals surface area contributed by atoms with E-state index in [1.807, 2.05) is 12.1 Å². The molecular weight excluding hydrogens is 262 g/mol. The molecule has 0 amide bonds. The summed E-state index contributed by atoms with van der Waals surface area (Å²) in [4.78, 5) is 0. The Morgan fingerprint density at radius 2 is 2.10 bits per heavy atom. The maximum atomic E-state index is 9.74. The lowest BCUT2D eigenvalue weighted by Crippen LogP contribution is -2.44. The first kappa shape index (κ1) is 13.6. The Bertz CT molecular complexity index is 510. The molecule has 2 atom stereocenters. The summed E-state index contributed by atoms with van der Waals surface area (Å²) in [5.41, 5.74) is 1.46. The Hall–Kier alpha value is -1.06. The molecule has 2 unspecified atom stereocenters. The van der Waals surface area contributed by atoms with Gasteiger partial charge in [0.1, 0.15) is 5.75 Å². The number of phenolic OH excluding ortho intramolecular Hbond substituents is 1. The zero-order valence-corrected chi connectivity index (χ0v) is 12.6. The van der Waals surface area contributed by atoms with Crippen molar-refractivity contribution in [3.63, 3.8) is 0 Å². The minimum atomic E-state index is 0.220. The highest BCUT2D eigenvalue weighted by Gasteiger charge is 2.51. The molecule has 2 N–H and O–H groups in total. The summed E-state index contributed by atoms with van der Waals surface area (Å²) in [7, 11) is 0. The third-order valence-electron chi connectivity index (χ3n) is 5.34. The number of aromatic hydroxyl groups is 1. The van der Waals surface area contributed by atoms with E-state index < -0.39 is 0 Å². The maximum absolute atomic E-state index is 9.74. The smallest absolute Gasteiger partial charge is 0.115 e. The molecule has 3 nitrogen and oxygen atoms in total. The maximum Gasteiger partial charge on any atom is 0.115 e. The summed E-state index contributed by atoms with van der Waals surface area (Å²) < 4.78 is 6.15. The number of hydrogen-bond acceptors (Lipinski definition) is 3.